The Morgan fingerprint density at radius 1 is 1.50 bits per heavy atom. The van der Waals surface area contributed by atoms with Gasteiger partial charge in [-0.25, -0.2) is 13.4 Å². The van der Waals surface area contributed by atoms with Crippen molar-refractivity contribution in [1.29, 1.82) is 0 Å². The number of pyridine rings is 1. The number of hydrogen-bond acceptors (Lipinski definition) is 3. The summed E-state index contributed by atoms with van der Waals surface area (Å²) in [6.45, 7) is 4.38. The molecular formula is C11H14BrClN2O2S. The summed E-state index contributed by atoms with van der Waals surface area (Å²) >= 11 is 9.14. The summed E-state index contributed by atoms with van der Waals surface area (Å²) in [5, 5.41) is 0.0147. The normalized spacial score (nSPS) is 20.2. The van der Waals surface area contributed by atoms with Crippen LogP contribution in [0, 0.1) is 0 Å². The van der Waals surface area contributed by atoms with Gasteiger partial charge in [0.05, 0.1) is 0 Å². The lowest BCUT2D eigenvalue weighted by Crippen LogP contribution is -2.42. The van der Waals surface area contributed by atoms with E-state index in [4.69, 9.17) is 11.6 Å². The van der Waals surface area contributed by atoms with Gasteiger partial charge in [0, 0.05) is 22.8 Å². The van der Waals surface area contributed by atoms with Crippen LogP contribution in [0.5, 0.6) is 0 Å². The van der Waals surface area contributed by atoms with Crippen LogP contribution in [-0.4, -0.2) is 29.8 Å². The number of rotatable bonds is 2. The Kier molecular flexibility index (Phi) is 3.75. The van der Waals surface area contributed by atoms with Gasteiger partial charge in [-0.3, -0.25) is 0 Å². The van der Waals surface area contributed by atoms with E-state index in [-0.39, 0.29) is 15.6 Å². The molecule has 0 amide bonds. The predicted molar refractivity (Wildman–Crippen MR) is 74.2 cm³/mol. The van der Waals surface area contributed by atoms with Gasteiger partial charge in [0.1, 0.15) is 10.0 Å². The Morgan fingerprint density at radius 2 is 2.17 bits per heavy atom. The van der Waals surface area contributed by atoms with E-state index in [1.54, 1.807) is 0 Å². The smallest absolute Gasteiger partial charge is 0.242 e. The minimum atomic E-state index is -3.59. The summed E-state index contributed by atoms with van der Waals surface area (Å²) in [6.07, 6.45) is 3.20. The standard InChI is InChI=1S/C11H14BrClN2O2S/c1-11(2)4-3-5-15(11)18(16,17)9-6-8(12)7-14-10(9)13/h6-7H,3-5H2,1-2H3. The summed E-state index contributed by atoms with van der Waals surface area (Å²) in [7, 11) is -3.59. The molecule has 0 aliphatic carbocycles. The van der Waals surface area contributed by atoms with Crippen LogP contribution < -0.4 is 0 Å². The Morgan fingerprint density at radius 3 is 2.72 bits per heavy atom. The first-order chi connectivity index (χ1) is 8.25. The molecule has 100 valence electrons. The minimum absolute atomic E-state index is 0.0147. The molecule has 1 aliphatic rings. The first-order valence-corrected chi connectivity index (χ1v) is 8.20. The van der Waals surface area contributed by atoms with Crippen molar-refractivity contribution in [3.63, 3.8) is 0 Å². The number of aromatic nitrogens is 1. The zero-order chi connectivity index (χ0) is 13.6. The van der Waals surface area contributed by atoms with Crippen molar-refractivity contribution in [2.75, 3.05) is 6.54 Å². The van der Waals surface area contributed by atoms with Crippen molar-refractivity contribution < 1.29 is 8.42 Å². The average Bonchev–Trinajstić information content (AvgIpc) is 2.62. The second-order valence-electron chi connectivity index (χ2n) is 4.94. The summed E-state index contributed by atoms with van der Waals surface area (Å²) in [5.74, 6) is 0. The fraction of sp³-hybridized carbons (Fsp3) is 0.545. The lowest BCUT2D eigenvalue weighted by Gasteiger charge is -2.30. The molecule has 1 aliphatic heterocycles. The fourth-order valence-corrected chi connectivity index (χ4v) is 5.00. The molecule has 2 heterocycles. The minimum Gasteiger partial charge on any atom is -0.242 e. The highest BCUT2D eigenvalue weighted by atomic mass is 79.9. The molecule has 0 spiro atoms. The molecule has 0 saturated carbocycles. The largest absolute Gasteiger partial charge is 0.246 e. The maximum atomic E-state index is 12.6. The van der Waals surface area contributed by atoms with Crippen LogP contribution >= 0.6 is 27.5 Å². The van der Waals surface area contributed by atoms with Crippen LogP contribution in [0.1, 0.15) is 26.7 Å². The molecule has 1 aromatic rings. The van der Waals surface area contributed by atoms with Gasteiger partial charge in [0.15, 0.2) is 0 Å². The Bertz CT molecular complexity index is 574. The number of halogens is 2. The third kappa shape index (κ3) is 2.43. The fourth-order valence-electron chi connectivity index (χ4n) is 2.23. The SMILES string of the molecule is CC1(C)CCCN1S(=O)(=O)c1cc(Br)cnc1Cl. The van der Waals surface area contributed by atoms with Gasteiger partial charge in [-0.2, -0.15) is 4.31 Å². The van der Waals surface area contributed by atoms with Crippen LogP contribution in [0.4, 0.5) is 0 Å². The monoisotopic (exact) mass is 352 g/mol. The molecule has 1 saturated heterocycles. The van der Waals surface area contributed by atoms with E-state index in [9.17, 15) is 8.42 Å². The topological polar surface area (TPSA) is 50.3 Å². The molecule has 4 nitrogen and oxygen atoms in total. The lowest BCUT2D eigenvalue weighted by atomic mass is 10.0. The maximum Gasteiger partial charge on any atom is 0.246 e. The van der Waals surface area contributed by atoms with Crippen molar-refractivity contribution in [2.24, 2.45) is 0 Å². The van der Waals surface area contributed by atoms with E-state index >= 15 is 0 Å². The van der Waals surface area contributed by atoms with E-state index in [1.165, 1.54) is 16.6 Å². The molecule has 0 unspecified atom stereocenters. The molecule has 1 fully saturated rings. The van der Waals surface area contributed by atoms with Crippen molar-refractivity contribution in [3.05, 3.63) is 21.9 Å². The van der Waals surface area contributed by atoms with Crippen molar-refractivity contribution >= 4 is 37.6 Å². The van der Waals surface area contributed by atoms with Crippen LogP contribution in [0.3, 0.4) is 0 Å². The molecule has 18 heavy (non-hydrogen) atoms. The molecule has 1 aromatic heterocycles. The predicted octanol–water partition coefficient (Wildman–Crippen LogP) is 3.06. The molecular weight excluding hydrogens is 340 g/mol. The van der Waals surface area contributed by atoms with Crippen LogP contribution in [-0.2, 0) is 10.0 Å². The average molecular weight is 354 g/mol. The highest BCUT2D eigenvalue weighted by molar-refractivity contribution is 9.10. The number of nitrogens with zero attached hydrogens (tertiary/aromatic N) is 2. The molecule has 0 aromatic carbocycles. The molecule has 2 rings (SSSR count). The Balaban J connectivity index is 2.52. The number of sulfonamides is 1. The summed E-state index contributed by atoms with van der Waals surface area (Å²) in [4.78, 5) is 3.94. The van der Waals surface area contributed by atoms with Gasteiger partial charge in [-0.15, -0.1) is 0 Å². The summed E-state index contributed by atoms with van der Waals surface area (Å²) in [6, 6.07) is 1.50. The quantitative estimate of drug-likeness (QED) is 0.768. The molecule has 7 heteroatoms. The maximum absolute atomic E-state index is 12.6. The Hall–Kier alpha value is -0.170. The van der Waals surface area contributed by atoms with Crippen molar-refractivity contribution in [2.45, 2.75) is 37.1 Å². The van der Waals surface area contributed by atoms with Crippen LogP contribution in [0.2, 0.25) is 5.15 Å². The van der Waals surface area contributed by atoms with Gasteiger partial charge in [0.25, 0.3) is 0 Å². The summed E-state index contributed by atoms with van der Waals surface area (Å²) in [5.41, 5.74) is -0.371. The second-order valence-corrected chi connectivity index (χ2v) is 8.04. The third-order valence-corrected chi connectivity index (χ3v) is 6.14. The van der Waals surface area contributed by atoms with Crippen LogP contribution in [0.25, 0.3) is 0 Å². The molecule has 0 bridgehead atoms. The zero-order valence-electron chi connectivity index (χ0n) is 10.2. The van der Waals surface area contributed by atoms with E-state index in [2.05, 4.69) is 20.9 Å². The van der Waals surface area contributed by atoms with Gasteiger partial charge < -0.3 is 0 Å². The lowest BCUT2D eigenvalue weighted by molar-refractivity contribution is 0.291. The highest BCUT2D eigenvalue weighted by Gasteiger charge is 2.41. The summed E-state index contributed by atoms with van der Waals surface area (Å²) < 4.78 is 27.3. The number of hydrogen-bond donors (Lipinski definition) is 0. The van der Waals surface area contributed by atoms with E-state index in [0.717, 1.165) is 12.8 Å². The molecule has 0 atom stereocenters. The second kappa shape index (κ2) is 4.74. The third-order valence-electron chi connectivity index (χ3n) is 3.17. The van der Waals surface area contributed by atoms with Crippen molar-refractivity contribution in [3.8, 4) is 0 Å². The van der Waals surface area contributed by atoms with Gasteiger partial charge in [0.2, 0.25) is 10.0 Å². The first kappa shape index (κ1) is 14.2. The van der Waals surface area contributed by atoms with E-state index in [0.29, 0.717) is 11.0 Å². The zero-order valence-corrected chi connectivity index (χ0v) is 13.3. The Labute approximate surface area is 121 Å². The van der Waals surface area contributed by atoms with Gasteiger partial charge >= 0.3 is 0 Å². The van der Waals surface area contributed by atoms with Crippen molar-refractivity contribution in [1.82, 2.24) is 9.29 Å². The first-order valence-electron chi connectivity index (χ1n) is 5.59. The van der Waals surface area contributed by atoms with E-state index < -0.39 is 10.0 Å². The van der Waals surface area contributed by atoms with Gasteiger partial charge in [-0.1, -0.05) is 11.6 Å². The van der Waals surface area contributed by atoms with Gasteiger partial charge in [-0.05, 0) is 48.7 Å². The van der Waals surface area contributed by atoms with Crippen LogP contribution in [0.15, 0.2) is 21.6 Å². The molecule has 0 N–H and O–H groups in total. The highest BCUT2D eigenvalue weighted by Crippen LogP contribution is 2.36. The van der Waals surface area contributed by atoms with E-state index in [1.807, 2.05) is 13.8 Å². The molecule has 0 radical (unpaired) electrons.